The highest BCUT2D eigenvalue weighted by Crippen LogP contribution is 2.28. The number of unbranched alkanes of at least 4 members (excludes halogenated alkanes) is 3. The number of nitrogens with zero attached hydrogens (tertiary/aromatic N) is 1. The average Bonchev–Trinajstić information content (AvgIpc) is 2.67. The Morgan fingerprint density at radius 2 is 1.95 bits per heavy atom. The number of rotatable bonds is 8. The van der Waals surface area contributed by atoms with Crippen LogP contribution < -0.4 is 5.32 Å². The number of carbonyl (C=O) groups excluding carboxylic acids is 1. The van der Waals surface area contributed by atoms with Crippen LogP contribution in [0, 0.1) is 0 Å². The first-order chi connectivity index (χ1) is 9.00. The van der Waals surface area contributed by atoms with Crippen molar-refractivity contribution in [2.75, 3.05) is 0 Å². The van der Waals surface area contributed by atoms with Gasteiger partial charge in [0, 0.05) is 6.04 Å². The van der Waals surface area contributed by atoms with E-state index in [1.807, 2.05) is 6.92 Å². The third kappa shape index (κ3) is 3.71. The van der Waals surface area contributed by atoms with Crippen molar-refractivity contribution in [2.24, 2.45) is 0 Å². The van der Waals surface area contributed by atoms with Crippen LogP contribution in [0.4, 0.5) is 0 Å². The number of hydrogen-bond acceptors (Lipinski definition) is 2. The van der Waals surface area contributed by atoms with Gasteiger partial charge in [-0.1, -0.05) is 46.5 Å². The fourth-order valence-corrected chi connectivity index (χ4v) is 2.99. The van der Waals surface area contributed by atoms with Gasteiger partial charge in [0.1, 0.15) is 0 Å². The summed E-state index contributed by atoms with van der Waals surface area (Å²) in [5, 5.41) is 3.53. The van der Waals surface area contributed by atoms with Gasteiger partial charge in [-0.05, 0) is 33.1 Å². The second-order valence-corrected chi connectivity index (χ2v) is 6.16. The van der Waals surface area contributed by atoms with Gasteiger partial charge in [0.2, 0.25) is 5.91 Å². The maximum Gasteiger partial charge on any atom is 0.244 e. The maximum atomic E-state index is 12.6. The molecule has 3 heteroatoms. The standard InChI is InChI=1S/C16H32N2O/c1-6-9-10-11-12-13(4)18-14(7-2)17-16(5,8-3)15(18)19/h13-14,17H,6-12H2,1-5H3. The number of carbonyl (C=O) groups is 1. The number of hydrogen-bond donors (Lipinski definition) is 1. The zero-order valence-corrected chi connectivity index (χ0v) is 13.5. The van der Waals surface area contributed by atoms with Crippen molar-refractivity contribution in [3.05, 3.63) is 0 Å². The predicted octanol–water partition coefficient (Wildman–Crippen LogP) is 3.68. The quantitative estimate of drug-likeness (QED) is 0.681. The fourth-order valence-electron chi connectivity index (χ4n) is 2.99. The van der Waals surface area contributed by atoms with Crippen molar-refractivity contribution < 1.29 is 4.79 Å². The second-order valence-electron chi connectivity index (χ2n) is 6.16. The van der Waals surface area contributed by atoms with Gasteiger partial charge in [0.05, 0.1) is 11.7 Å². The van der Waals surface area contributed by atoms with E-state index in [1.54, 1.807) is 0 Å². The van der Waals surface area contributed by atoms with Crippen LogP contribution >= 0.6 is 0 Å². The highest BCUT2D eigenvalue weighted by atomic mass is 16.2. The lowest BCUT2D eigenvalue weighted by Crippen LogP contribution is -2.44. The van der Waals surface area contributed by atoms with Gasteiger partial charge in [-0.3, -0.25) is 10.1 Å². The summed E-state index contributed by atoms with van der Waals surface area (Å²) >= 11 is 0. The van der Waals surface area contributed by atoms with Crippen molar-refractivity contribution in [3.8, 4) is 0 Å². The second kappa shape index (κ2) is 7.28. The molecule has 0 bridgehead atoms. The fraction of sp³-hybridized carbons (Fsp3) is 0.938. The molecule has 0 radical (unpaired) electrons. The Hall–Kier alpha value is -0.570. The monoisotopic (exact) mass is 268 g/mol. The van der Waals surface area contributed by atoms with Gasteiger partial charge in [0.15, 0.2) is 0 Å². The molecule has 0 aromatic carbocycles. The minimum atomic E-state index is -0.349. The molecule has 0 aromatic rings. The van der Waals surface area contributed by atoms with Crippen LogP contribution in [0.15, 0.2) is 0 Å². The lowest BCUT2D eigenvalue weighted by molar-refractivity contribution is -0.135. The van der Waals surface area contributed by atoms with Gasteiger partial charge in [-0.2, -0.15) is 0 Å². The van der Waals surface area contributed by atoms with Gasteiger partial charge >= 0.3 is 0 Å². The Bertz CT molecular complexity index is 292. The van der Waals surface area contributed by atoms with Crippen LogP contribution in [0.5, 0.6) is 0 Å². The molecular weight excluding hydrogens is 236 g/mol. The zero-order valence-electron chi connectivity index (χ0n) is 13.5. The minimum Gasteiger partial charge on any atom is -0.323 e. The molecule has 1 aliphatic rings. The molecule has 0 spiro atoms. The molecule has 112 valence electrons. The van der Waals surface area contributed by atoms with Crippen molar-refractivity contribution >= 4 is 5.91 Å². The van der Waals surface area contributed by atoms with E-state index >= 15 is 0 Å². The van der Waals surface area contributed by atoms with Crippen LogP contribution in [0.25, 0.3) is 0 Å². The van der Waals surface area contributed by atoms with Crippen LogP contribution in [-0.2, 0) is 4.79 Å². The van der Waals surface area contributed by atoms with E-state index in [4.69, 9.17) is 0 Å². The molecule has 1 N–H and O–H groups in total. The molecule has 0 aliphatic carbocycles. The van der Waals surface area contributed by atoms with E-state index in [0.29, 0.717) is 11.9 Å². The third-order valence-corrected chi connectivity index (χ3v) is 4.57. The Labute approximate surface area is 119 Å². The summed E-state index contributed by atoms with van der Waals surface area (Å²) < 4.78 is 0. The highest BCUT2D eigenvalue weighted by Gasteiger charge is 2.47. The van der Waals surface area contributed by atoms with E-state index in [0.717, 1.165) is 19.3 Å². The highest BCUT2D eigenvalue weighted by molar-refractivity contribution is 5.88. The minimum absolute atomic E-state index is 0.221. The molecule has 3 nitrogen and oxygen atoms in total. The molecule has 0 aromatic heterocycles. The van der Waals surface area contributed by atoms with Crippen LogP contribution in [-0.4, -0.2) is 28.6 Å². The first kappa shape index (κ1) is 16.5. The molecule has 1 saturated heterocycles. The first-order valence-electron chi connectivity index (χ1n) is 8.10. The molecule has 1 heterocycles. The summed E-state index contributed by atoms with van der Waals surface area (Å²) in [6.45, 7) is 10.7. The summed E-state index contributed by atoms with van der Waals surface area (Å²) in [6, 6.07) is 0.357. The molecule has 19 heavy (non-hydrogen) atoms. The van der Waals surface area contributed by atoms with Crippen LogP contribution in [0.3, 0.4) is 0 Å². The number of amides is 1. The third-order valence-electron chi connectivity index (χ3n) is 4.57. The zero-order chi connectivity index (χ0) is 14.5. The SMILES string of the molecule is CCCCCCC(C)N1C(=O)C(C)(CC)NC1CC. The Kier molecular flexibility index (Phi) is 6.31. The Morgan fingerprint density at radius 3 is 2.47 bits per heavy atom. The van der Waals surface area contributed by atoms with Gasteiger partial charge < -0.3 is 4.90 Å². The van der Waals surface area contributed by atoms with Gasteiger partial charge in [-0.15, -0.1) is 0 Å². The smallest absolute Gasteiger partial charge is 0.244 e. The molecule has 3 unspecified atom stereocenters. The molecule has 1 amide bonds. The normalized spacial score (nSPS) is 29.0. The summed E-state index contributed by atoms with van der Waals surface area (Å²) in [7, 11) is 0. The molecule has 1 fully saturated rings. The van der Waals surface area contributed by atoms with Crippen molar-refractivity contribution in [2.45, 2.75) is 97.3 Å². The van der Waals surface area contributed by atoms with E-state index in [-0.39, 0.29) is 11.7 Å². The van der Waals surface area contributed by atoms with Crippen molar-refractivity contribution in [1.82, 2.24) is 10.2 Å². The van der Waals surface area contributed by atoms with Crippen molar-refractivity contribution in [1.29, 1.82) is 0 Å². The summed E-state index contributed by atoms with van der Waals surface area (Å²) in [5.74, 6) is 0.296. The van der Waals surface area contributed by atoms with Gasteiger partial charge in [0.25, 0.3) is 0 Å². The molecule has 0 saturated carbocycles. The number of nitrogens with one attached hydrogen (secondary N) is 1. The summed E-state index contributed by atoms with van der Waals surface area (Å²) in [5.41, 5.74) is -0.349. The molecular formula is C16H32N2O. The van der Waals surface area contributed by atoms with Crippen LogP contribution in [0.2, 0.25) is 0 Å². The van der Waals surface area contributed by atoms with Crippen LogP contribution in [0.1, 0.15) is 79.6 Å². The molecule has 1 aliphatic heterocycles. The first-order valence-corrected chi connectivity index (χ1v) is 8.10. The Balaban J connectivity index is 2.61. The van der Waals surface area contributed by atoms with E-state index in [9.17, 15) is 4.79 Å². The van der Waals surface area contributed by atoms with E-state index in [1.165, 1.54) is 25.7 Å². The largest absolute Gasteiger partial charge is 0.323 e. The van der Waals surface area contributed by atoms with Gasteiger partial charge in [-0.25, -0.2) is 0 Å². The average molecular weight is 268 g/mol. The predicted molar refractivity (Wildman–Crippen MR) is 81.0 cm³/mol. The summed E-state index contributed by atoms with van der Waals surface area (Å²) in [6.07, 6.45) is 8.30. The lowest BCUT2D eigenvalue weighted by Gasteiger charge is -2.30. The lowest BCUT2D eigenvalue weighted by atomic mass is 9.98. The van der Waals surface area contributed by atoms with Crippen molar-refractivity contribution in [3.63, 3.8) is 0 Å². The molecule has 1 rings (SSSR count). The molecule has 3 atom stereocenters. The maximum absolute atomic E-state index is 12.6. The topological polar surface area (TPSA) is 32.3 Å². The summed E-state index contributed by atoms with van der Waals surface area (Å²) in [4.78, 5) is 14.7. The Morgan fingerprint density at radius 1 is 1.26 bits per heavy atom. The van der Waals surface area contributed by atoms with E-state index < -0.39 is 0 Å². The van der Waals surface area contributed by atoms with E-state index in [2.05, 4.69) is 37.9 Å².